The van der Waals surface area contributed by atoms with E-state index in [1.54, 1.807) is 0 Å². The van der Waals surface area contributed by atoms with Crippen LogP contribution in [0, 0.1) is 5.92 Å². The number of nitrogen functional groups attached to an aromatic ring is 1. The minimum atomic E-state index is 0.771. The number of imidazole rings is 1. The molecule has 3 N–H and O–H groups in total. The molecule has 0 bridgehead atoms. The Hall–Kier alpha value is -1.71. The molecule has 1 aromatic heterocycles. The van der Waals surface area contributed by atoms with Crippen LogP contribution in [0.1, 0.15) is 12.8 Å². The average molecular weight is 216 g/mol. The number of rotatable bonds is 3. The highest BCUT2D eigenvalue weighted by molar-refractivity contribution is 5.80. The number of nitrogens with one attached hydrogen (secondary N) is 1. The van der Waals surface area contributed by atoms with Gasteiger partial charge in [0.1, 0.15) is 0 Å². The molecule has 4 heteroatoms. The summed E-state index contributed by atoms with van der Waals surface area (Å²) in [6, 6.07) is 5.76. The molecule has 3 rings (SSSR count). The summed E-state index contributed by atoms with van der Waals surface area (Å²) in [7, 11) is 2.08. The molecule has 1 heterocycles. The summed E-state index contributed by atoms with van der Waals surface area (Å²) in [5.74, 6) is 1.80. The number of hydrogen-bond acceptors (Lipinski definition) is 3. The van der Waals surface area contributed by atoms with E-state index in [-0.39, 0.29) is 0 Å². The Morgan fingerprint density at radius 1 is 1.50 bits per heavy atom. The summed E-state index contributed by atoms with van der Waals surface area (Å²) >= 11 is 0. The van der Waals surface area contributed by atoms with Crippen molar-refractivity contribution in [3.8, 4) is 0 Å². The van der Waals surface area contributed by atoms with E-state index >= 15 is 0 Å². The van der Waals surface area contributed by atoms with Crippen LogP contribution >= 0.6 is 0 Å². The molecule has 0 saturated heterocycles. The number of nitrogens with zero attached hydrogens (tertiary/aromatic N) is 2. The van der Waals surface area contributed by atoms with E-state index in [2.05, 4.69) is 21.9 Å². The highest BCUT2D eigenvalue weighted by Crippen LogP contribution is 2.30. The van der Waals surface area contributed by atoms with Crippen LogP contribution in [-0.4, -0.2) is 23.6 Å². The average Bonchev–Trinajstić information content (AvgIpc) is 2.95. The van der Waals surface area contributed by atoms with E-state index in [4.69, 9.17) is 5.73 Å². The Labute approximate surface area is 94.5 Å². The zero-order valence-corrected chi connectivity index (χ0v) is 9.40. The second-order valence-corrected chi connectivity index (χ2v) is 4.66. The third kappa shape index (κ3) is 1.71. The molecule has 2 aromatic rings. The van der Waals surface area contributed by atoms with Crippen molar-refractivity contribution < 1.29 is 0 Å². The molecular formula is C12H16N4. The Morgan fingerprint density at radius 3 is 3.06 bits per heavy atom. The Kier molecular flexibility index (Phi) is 2.02. The standard InChI is InChI=1S/C12H16N4/c1-16(7-8-2-3-8)12-14-10-5-4-9(13)6-11(10)15-12/h4-6,8H,2-3,7,13H2,1H3,(H,14,15). The summed E-state index contributed by atoms with van der Waals surface area (Å²) in [5.41, 5.74) is 8.50. The van der Waals surface area contributed by atoms with Gasteiger partial charge in [-0.05, 0) is 37.0 Å². The fourth-order valence-corrected chi connectivity index (χ4v) is 1.97. The monoisotopic (exact) mass is 216 g/mol. The number of H-pyrrole nitrogens is 1. The lowest BCUT2D eigenvalue weighted by Gasteiger charge is -2.14. The molecule has 0 atom stereocenters. The van der Waals surface area contributed by atoms with E-state index in [9.17, 15) is 0 Å². The molecule has 0 unspecified atom stereocenters. The van der Waals surface area contributed by atoms with Crippen LogP contribution in [0.15, 0.2) is 18.2 Å². The minimum absolute atomic E-state index is 0.771. The van der Waals surface area contributed by atoms with Crippen LogP contribution in [0.2, 0.25) is 0 Å². The molecule has 4 nitrogen and oxygen atoms in total. The lowest BCUT2D eigenvalue weighted by Crippen LogP contribution is -2.20. The summed E-state index contributed by atoms with van der Waals surface area (Å²) in [6.07, 6.45) is 2.72. The Balaban J connectivity index is 1.91. The van der Waals surface area contributed by atoms with Crippen molar-refractivity contribution in [2.24, 2.45) is 5.92 Å². The third-order valence-corrected chi connectivity index (χ3v) is 3.08. The van der Waals surface area contributed by atoms with Gasteiger partial charge in [-0.3, -0.25) is 0 Å². The predicted octanol–water partition coefficient (Wildman–Crippen LogP) is 1.99. The van der Waals surface area contributed by atoms with Gasteiger partial charge in [-0.1, -0.05) is 0 Å². The maximum Gasteiger partial charge on any atom is 0.203 e. The summed E-state index contributed by atoms with van der Waals surface area (Å²) in [4.78, 5) is 10.0. The number of aromatic amines is 1. The lowest BCUT2D eigenvalue weighted by molar-refractivity contribution is 0.771. The van der Waals surface area contributed by atoms with Crippen LogP contribution in [0.5, 0.6) is 0 Å². The van der Waals surface area contributed by atoms with E-state index in [1.807, 2.05) is 18.2 Å². The van der Waals surface area contributed by atoms with E-state index in [1.165, 1.54) is 12.8 Å². The first-order valence-corrected chi connectivity index (χ1v) is 5.69. The summed E-state index contributed by atoms with van der Waals surface area (Å²) in [5, 5.41) is 0. The normalized spacial score (nSPS) is 15.6. The first kappa shape index (κ1) is 9.51. The first-order chi connectivity index (χ1) is 7.72. The van der Waals surface area contributed by atoms with Crippen LogP contribution in [0.25, 0.3) is 11.0 Å². The molecular weight excluding hydrogens is 200 g/mol. The van der Waals surface area contributed by atoms with Gasteiger partial charge in [0, 0.05) is 19.3 Å². The molecule has 0 spiro atoms. The van der Waals surface area contributed by atoms with Crippen LogP contribution in [0.3, 0.4) is 0 Å². The van der Waals surface area contributed by atoms with Crippen molar-refractivity contribution in [1.29, 1.82) is 0 Å². The van der Waals surface area contributed by atoms with Crippen molar-refractivity contribution in [3.63, 3.8) is 0 Å². The first-order valence-electron chi connectivity index (χ1n) is 5.69. The lowest BCUT2D eigenvalue weighted by atomic mass is 10.3. The minimum Gasteiger partial charge on any atom is -0.399 e. The number of fused-ring (bicyclic) bond motifs is 1. The van der Waals surface area contributed by atoms with E-state index in [0.717, 1.165) is 35.1 Å². The smallest absolute Gasteiger partial charge is 0.203 e. The highest BCUT2D eigenvalue weighted by atomic mass is 15.2. The van der Waals surface area contributed by atoms with Gasteiger partial charge < -0.3 is 15.6 Å². The highest BCUT2D eigenvalue weighted by Gasteiger charge is 2.23. The second-order valence-electron chi connectivity index (χ2n) is 4.66. The SMILES string of the molecule is CN(CC1CC1)c1nc2ccc(N)cc2[nH]1. The number of anilines is 2. The molecule has 1 aliphatic rings. The number of benzene rings is 1. The van der Waals surface area contributed by atoms with Gasteiger partial charge in [0.05, 0.1) is 11.0 Å². The van der Waals surface area contributed by atoms with Gasteiger partial charge in [-0.15, -0.1) is 0 Å². The van der Waals surface area contributed by atoms with Crippen LogP contribution in [-0.2, 0) is 0 Å². The molecule has 84 valence electrons. The number of nitrogens with two attached hydrogens (primary N) is 1. The molecule has 1 aromatic carbocycles. The molecule has 1 fully saturated rings. The van der Waals surface area contributed by atoms with Crippen LogP contribution in [0.4, 0.5) is 11.6 Å². The van der Waals surface area contributed by atoms with Crippen molar-refractivity contribution >= 4 is 22.7 Å². The van der Waals surface area contributed by atoms with Crippen molar-refractivity contribution in [2.45, 2.75) is 12.8 Å². The maximum absolute atomic E-state index is 5.74. The molecule has 1 saturated carbocycles. The molecule has 16 heavy (non-hydrogen) atoms. The van der Waals surface area contributed by atoms with Crippen molar-refractivity contribution in [1.82, 2.24) is 9.97 Å². The van der Waals surface area contributed by atoms with Gasteiger partial charge in [-0.25, -0.2) is 4.98 Å². The third-order valence-electron chi connectivity index (χ3n) is 3.08. The Morgan fingerprint density at radius 2 is 2.31 bits per heavy atom. The molecule has 0 amide bonds. The molecule has 0 aliphatic heterocycles. The summed E-state index contributed by atoms with van der Waals surface area (Å²) < 4.78 is 0. The van der Waals surface area contributed by atoms with Gasteiger partial charge in [0.15, 0.2) is 0 Å². The quantitative estimate of drug-likeness (QED) is 0.771. The van der Waals surface area contributed by atoms with Crippen LogP contribution < -0.4 is 10.6 Å². The van der Waals surface area contributed by atoms with Gasteiger partial charge in [0.25, 0.3) is 0 Å². The predicted molar refractivity (Wildman–Crippen MR) is 66.5 cm³/mol. The zero-order valence-electron chi connectivity index (χ0n) is 9.40. The molecule has 1 aliphatic carbocycles. The van der Waals surface area contributed by atoms with Crippen molar-refractivity contribution in [2.75, 3.05) is 24.2 Å². The zero-order chi connectivity index (χ0) is 11.1. The van der Waals surface area contributed by atoms with Gasteiger partial charge in [0.2, 0.25) is 5.95 Å². The van der Waals surface area contributed by atoms with E-state index < -0.39 is 0 Å². The Bertz CT molecular complexity index is 513. The van der Waals surface area contributed by atoms with E-state index in [0.29, 0.717) is 0 Å². The number of hydrogen-bond donors (Lipinski definition) is 2. The van der Waals surface area contributed by atoms with Gasteiger partial charge >= 0.3 is 0 Å². The maximum atomic E-state index is 5.74. The summed E-state index contributed by atoms with van der Waals surface area (Å²) in [6.45, 7) is 1.09. The van der Waals surface area contributed by atoms with Crippen molar-refractivity contribution in [3.05, 3.63) is 18.2 Å². The van der Waals surface area contributed by atoms with Gasteiger partial charge in [-0.2, -0.15) is 0 Å². The molecule has 0 radical (unpaired) electrons. The topological polar surface area (TPSA) is 57.9 Å². The fraction of sp³-hybridized carbons (Fsp3) is 0.417. The largest absolute Gasteiger partial charge is 0.399 e. The second kappa shape index (κ2) is 3.40. The fourth-order valence-electron chi connectivity index (χ4n) is 1.97. The number of aromatic nitrogens is 2.